The van der Waals surface area contributed by atoms with Crippen molar-refractivity contribution in [1.82, 2.24) is 4.31 Å². The number of phenolic OH excluding ortho intramolecular Hbond substituents is 1. The zero-order valence-corrected chi connectivity index (χ0v) is 9.58. The first kappa shape index (κ1) is 11.8. The molecule has 0 heterocycles. The molecule has 0 fully saturated rings. The van der Waals surface area contributed by atoms with Crippen molar-refractivity contribution in [1.29, 1.82) is 0 Å². The molecule has 0 amide bonds. The Bertz CT molecular complexity index is 453. The van der Waals surface area contributed by atoms with Crippen LogP contribution in [0.1, 0.15) is 0 Å². The average Bonchev–Trinajstić information content (AvgIpc) is 2.17. The molecule has 0 aliphatic rings. The third kappa shape index (κ3) is 2.21. The van der Waals surface area contributed by atoms with Gasteiger partial charge in [-0.15, -0.1) is 0 Å². The predicted molar refractivity (Wildman–Crippen MR) is 55.5 cm³/mol. The summed E-state index contributed by atoms with van der Waals surface area (Å²) in [4.78, 5) is 0.0331. The van der Waals surface area contributed by atoms with Crippen LogP contribution in [0.3, 0.4) is 0 Å². The summed E-state index contributed by atoms with van der Waals surface area (Å²) in [5.74, 6) is 0.0492. The molecule has 1 N–H and O–H groups in total. The molecular weight excluding hydrogens is 218 g/mol. The monoisotopic (exact) mass is 231 g/mol. The van der Waals surface area contributed by atoms with Gasteiger partial charge < -0.3 is 9.84 Å². The first-order valence-corrected chi connectivity index (χ1v) is 5.63. The Balaban J connectivity index is 3.25. The number of sulfonamides is 1. The molecule has 1 aromatic carbocycles. The maximum absolute atomic E-state index is 11.7. The first-order valence-electron chi connectivity index (χ1n) is 4.19. The van der Waals surface area contributed by atoms with Crippen molar-refractivity contribution in [3.63, 3.8) is 0 Å². The number of phenols is 1. The molecule has 0 radical (unpaired) electrons. The van der Waals surface area contributed by atoms with E-state index in [1.165, 1.54) is 33.3 Å². The minimum absolute atomic E-state index is 0.0331. The molecule has 84 valence electrons. The van der Waals surface area contributed by atoms with E-state index in [9.17, 15) is 13.5 Å². The van der Waals surface area contributed by atoms with E-state index in [0.717, 1.165) is 10.4 Å². The Kier molecular flexibility index (Phi) is 3.21. The van der Waals surface area contributed by atoms with Gasteiger partial charge in [0.15, 0.2) is 11.5 Å². The van der Waals surface area contributed by atoms with E-state index in [1.807, 2.05) is 0 Å². The van der Waals surface area contributed by atoms with Gasteiger partial charge in [-0.25, -0.2) is 12.7 Å². The van der Waals surface area contributed by atoms with Crippen LogP contribution in [0.4, 0.5) is 0 Å². The standard InChI is InChI=1S/C9H13NO4S/c1-10(2)15(12,13)7-4-5-9(14-3)8(11)6-7/h4-6,11H,1-3H3. The highest BCUT2D eigenvalue weighted by Crippen LogP contribution is 2.28. The summed E-state index contributed by atoms with van der Waals surface area (Å²) in [6.45, 7) is 0. The average molecular weight is 231 g/mol. The Hall–Kier alpha value is -1.27. The molecule has 0 aliphatic carbocycles. The summed E-state index contributed by atoms with van der Waals surface area (Å²) in [5.41, 5.74) is 0. The SMILES string of the molecule is COc1ccc(S(=O)(=O)N(C)C)cc1O. The number of aromatic hydroxyl groups is 1. The largest absolute Gasteiger partial charge is 0.504 e. The summed E-state index contributed by atoms with van der Waals surface area (Å²) in [5, 5.41) is 9.43. The van der Waals surface area contributed by atoms with Gasteiger partial charge in [0.1, 0.15) is 0 Å². The van der Waals surface area contributed by atoms with E-state index >= 15 is 0 Å². The topological polar surface area (TPSA) is 66.8 Å². The lowest BCUT2D eigenvalue weighted by atomic mass is 10.3. The van der Waals surface area contributed by atoms with Crippen molar-refractivity contribution in [2.75, 3.05) is 21.2 Å². The molecule has 0 atom stereocenters. The van der Waals surface area contributed by atoms with E-state index in [2.05, 4.69) is 0 Å². The fourth-order valence-corrected chi connectivity index (χ4v) is 1.96. The Morgan fingerprint density at radius 3 is 2.33 bits per heavy atom. The molecule has 1 aromatic rings. The van der Waals surface area contributed by atoms with Gasteiger partial charge >= 0.3 is 0 Å². The highest BCUT2D eigenvalue weighted by atomic mass is 32.2. The van der Waals surface area contributed by atoms with Gasteiger partial charge in [-0.3, -0.25) is 0 Å². The predicted octanol–water partition coefficient (Wildman–Crippen LogP) is 0.651. The number of ether oxygens (including phenoxy) is 1. The number of hydrogen-bond donors (Lipinski definition) is 1. The third-order valence-electron chi connectivity index (χ3n) is 1.93. The van der Waals surface area contributed by atoms with Crippen LogP contribution in [0.2, 0.25) is 0 Å². The van der Waals surface area contributed by atoms with Crippen molar-refractivity contribution in [3.05, 3.63) is 18.2 Å². The number of methoxy groups -OCH3 is 1. The van der Waals surface area contributed by atoms with Crippen LogP contribution in [-0.2, 0) is 10.0 Å². The smallest absolute Gasteiger partial charge is 0.242 e. The molecule has 0 unspecified atom stereocenters. The molecule has 0 saturated heterocycles. The van der Waals surface area contributed by atoms with Gasteiger partial charge in [0.05, 0.1) is 12.0 Å². The van der Waals surface area contributed by atoms with Crippen LogP contribution >= 0.6 is 0 Å². The van der Waals surface area contributed by atoms with Crippen LogP contribution in [0, 0.1) is 0 Å². The van der Waals surface area contributed by atoms with E-state index in [1.54, 1.807) is 0 Å². The van der Waals surface area contributed by atoms with Gasteiger partial charge in [0.2, 0.25) is 10.0 Å². The lowest BCUT2D eigenvalue weighted by molar-refractivity contribution is 0.372. The van der Waals surface area contributed by atoms with Gasteiger partial charge in [-0.05, 0) is 12.1 Å². The molecule has 0 spiro atoms. The van der Waals surface area contributed by atoms with E-state index in [4.69, 9.17) is 4.74 Å². The molecule has 0 aliphatic heterocycles. The number of rotatable bonds is 3. The quantitative estimate of drug-likeness (QED) is 0.829. The molecular formula is C9H13NO4S. The Morgan fingerprint density at radius 2 is 1.93 bits per heavy atom. The lowest BCUT2D eigenvalue weighted by Gasteiger charge is -2.12. The highest BCUT2D eigenvalue weighted by molar-refractivity contribution is 7.89. The normalized spacial score (nSPS) is 11.7. The summed E-state index contributed by atoms with van der Waals surface area (Å²) in [7, 11) is 0.746. The zero-order valence-electron chi connectivity index (χ0n) is 8.76. The van der Waals surface area contributed by atoms with Gasteiger partial charge in [0, 0.05) is 20.2 Å². The second kappa shape index (κ2) is 4.08. The molecule has 6 heteroatoms. The van der Waals surface area contributed by atoms with Crippen LogP contribution in [0.25, 0.3) is 0 Å². The van der Waals surface area contributed by atoms with Gasteiger partial charge in [0.25, 0.3) is 0 Å². The van der Waals surface area contributed by atoms with Crippen molar-refractivity contribution < 1.29 is 18.3 Å². The maximum atomic E-state index is 11.7. The molecule has 0 saturated carbocycles. The zero-order chi connectivity index (χ0) is 11.6. The number of benzene rings is 1. The minimum atomic E-state index is -3.51. The summed E-state index contributed by atoms with van der Waals surface area (Å²) >= 11 is 0. The highest BCUT2D eigenvalue weighted by Gasteiger charge is 2.18. The second-order valence-corrected chi connectivity index (χ2v) is 5.27. The summed E-state index contributed by atoms with van der Waals surface area (Å²) < 4.78 is 29.2. The molecule has 0 aromatic heterocycles. The summed E-state index contributed by atoms with van der Waals surface area (Å²) in [6.07, 6.45) is 0. The summed E-state index contributed by atoms with van der Waals surface area (Å²) in [6, 6.07) is 3.95. The van der Waals surface area contributed by atoms with E-state index < -0.39 is 10.0 Å². The van der Waals surface area contributed by atoms with Crippen molar-refractivity contribution >= 4 is 10.0 Å². The Morgan fingerprint density at radius 1 is 1.33 bits per heavy atom. The maximum Gasteiger partial charge on any atom is 0.242 e. The minimum Gasteiger partial charge on any atom is -0.504 e. The van der Waals surface area contributed by atoms with Crippen LogP contribution < -0.4 is 4.74 Å². The first-order chi connectivity index (χ1) is 6.89. The van der Waals surface area contributed by atoms with Crippen LogP contribution in [0.5, 0.6) is 11.5 Å². The molecule has 5 nitrogen and oxygen atoms in total. The van der Waals surface area contributed by atoms with Crippen molar-refractivity contribution in [2.24, 2.45) is 0 Å². The van der Waals surface area contributed by atoms with Gasteiger partial charge in [-0.1, -0.05) is 0 Å². The van der Waals surface area contributed by atoms with E-state index in [0.29, 0.717) is 0 Å². The lowest BCUT2D eigenvalue weighted by Crippen LogP contribution is -2.22. The molecule has 15 heavy (non-hydrogen) atoms. The number of nitrogens with zero attached hydrogens (tertiary/aromatic N) is 1. The fraction of sp³-hybridized carbons (Fsp3) is 0.333. The Labute approximate surface area is 89.0 Å². The number of hydrogen-bond acceptors (Lipinski definition) is 4. The fourth-order valence-electron chi connectivity index (χ4n) is 1.04. The van der Waals surface area contributed by atoms with E-state index in [-0.39, 0.29) is 16.4 Å². The van der Waals surface area contributed by atoms with Crippen LogP contribution in [0.15, 0.2) is 23.1 Å². The molecule has 1 rings (SSSR count). The second-order valence-electron chi connectivity index (χ2n) is 3.12. The third-order valence-corrected chi connectivity index (χ3v) is 3.74. The van der Waals surface area contributed by atoms with Crippen LogP contribution in [-0.4, -0.2) is 39.0 Å². The molecule has 0 bridgehead atoms. The van der Waals surface area contributed by atoms with Crippen molar-refractivity contribution in [3.8, 4) is 11.5 Å². The van der Waals surface area contributed by atoms with Crippen molar-refractivity contribution in [2.45, 2.75) is 4.90 Å². The van der Waals surface area contributed by atoms with Gasteiger partial charge in [-0.2, -0.15) is 0 Å².